The van der Waals surface area contributed by atoms with Crippen LogP contribution in [0.4, 0.5) is 5.69 Å². The van der Waals surface area contributed by atoms with Gasteiger partial charge in [0.25, 0.3) is 0 Å². The molecule has 0 aliphatic heterocycles. The van der Waals surface area contributed by atoms with Crippen LogP contribution in [-0.2, 0) is 4.79 Å². The third-order valence-electron chi connectivity index (χ3n) is 3.18. The van der Waals surface area contributed by atoms with Gasteiger partial charge in [-0.1, -0.05) is 0 Å². The summed E-state index contributed by atoms with van der Waals surface area (Å²) in [6.45, 7) is 3.19. The molecule has 0 radical (unpaired) electrons. The zero-order chi connectivity index (χ0) is 13.0. The van der Waals surface area contributed by atoms with E-state index in [9.17, 15) is 4.79 Å². The van der Waals surface area contributed by atoms with Crippen LogP contribution in [0.25, 0.3) is 0 Å². The largest absolute Gasteiger partial charge is 0.497 e. The summed E-state index contributed by atoms with van der Waals surface area (Å²) < 4.78 is 5.09. The number of amides is 1. The molecule has 1 aliphatic rings. The molecule has 0 bridgehead atoms. The van der Waals surface area contributed by atoms with Gasteiger partial charge in [0.05, 0.1) is 13.7 Å². The van der Waals surface area contributed by atoms with E-state index < -0.39 is 0 Å². The van der Waals surface area contributed by atoms with Crippen molar-refractivity contribution in [3.05, 3.63) is 24.3 Å². The zero-order valence-corrected chi connectivity index (χ0v) is 11.0. The lowest BCUT2D eigenvalue weighted by Gasteiger charge is -2.20. The highest BCUT2D eigenvalue weighted by molar-refractivity contribution is 5.81. The Morgan fingerprint density at radius 2 is 2.06 bits per heavy atom. The smallest absolute Gasteiger partial charge is 0.242 e. The van der Waals surface area contributed by atoms with E-state index in [4.69, 9.17) is 4.74 Å². The van der Waals surface area contributed by atoms with Gasteiger partial charge in [0.2, 0.25) is 5.91 Å². The minimum Gasteiger partial charge on any atom is -0.497 e. The van der Waals surface area contributed by atoms with Crippen molar-refractivity contribution in [1.82, 2.24) is 4.90 Å². The molecule has 1 fully saturated rings. The fourth-order valence-electron chi connectivity index (χ4n) is 2.01. The summed E-state index contributed by atoms with van der Waals surface area (Å²) in [6, 6.07) is 8.08. The molecule has 1 aromatic carbocycles. The zero-order valence-electron chi connectivity index (χ0n) is 11.0. The van der Waals surface area contributed by atoms with Crippen LogP contribution in [0.1, 0.15) is 19.8 Å². The first kappa shape index (κ1) is 12.7. The first-order valence-electron chi connectivity index (χ1n) is 6.42. The normalized spacial score (nSPS) is 14.1. The predicted octanol–water partition coefficient (Wildman–Crippen LogP) is 2.12. The average Bonchev–Trinajstić information content (AvgIpc) is 3.22. The summed E-state index contributed by atoms with van der Waals surface area (Å²) in [6.07, 6.45) is 2.31. The number of carbonyl (C=O) groups is 1. The van der Waals surface area contributed by atoms with Gasteiger partial charge in [-0.3, -0.25) is 4.79 Å². The molecule has 4 nitrogen and oxygen atoms in total. The van der Waals surface area contributed by atoms with Gasteiger partial charge in [-0.2, -0.15) is 0 Å². The molecule has 1 amide bonds. The minimum absolute atomic E-state index is 0.177. The van der Waals surface area contributed by atoms with Crippen molar-refractivity contribution in [2.45, 2.75) is 25.8 Å². The van der Waals surface area contributed by atoms with Crippen LogP contribution in [-0.4, -0.2) is 37.0 Å². The fourth-order valence-corrected chi connectivity index (χ4v) is 2.01. The van der Waals surface area contributed by atoms with Gasteiger partial charge in [0.15, 0.2) is 0 Å². The third kappa shape index (κ3) is 3.15. The van der Waals surface area contributed by atoms with Crippen LogP contribution >= 0.6 is 0 Å². The third-order valence-corrected chi connectivity index (χ3v) is 3.18. The SMILES string of the molecule is CCN(C(=O)CNc1ccc(OC)cc1)C1CC1. The molecule has 0 aromatic heterocycles. The lowest BCUT2D eigenvalue weighted by atomic mass is 10.3. The van der Waals surface area contributed by atoms with Crippen molar-refractivity contribution in [3.63, 3.8) is 0 Å². The first-order valence-corrected chi connectivity index (χ1v) is 6.42. The van der Waals surface area contributed by atoms with Crippen LogP contribution in [0.15, 0.2) is 24.3 Å². The molecule has 4 heteroatoms. The van der Waals surface area contributed by atoms with E-state index in [2.05, 4.69) is 5.32 Å². The maximum absolute atomic E-state index is 12.0. The van der Waals surface area contributed by atoms with Crippen molar-refractivity contribution in [1.29, 1.82) is 0 Å². The predicted molar refractivity (Wildman–Crippen MR) is 71.9 cm³/mol. The number of benzene rings is 1. The number of nitrogens with one attached hydrogen (secondary N) is 1. The number of hydrogen-bond acceptors (Lipinski definition) is 3. The molecule has 18 heavy (non-hydrogen) atoms. The molecule has 0 unspecified atom stereocenters. The van der Waals surface area contributed by atoms with E-state index in [1.54, 1.807) is 7.11 Å². The van der Waals surface area contributed by atoms with Gasteiger partial charge < -0.3 is 15.0 Å². The fraction of sp³-hybridized carbons (Fsp3) is 0.500. The number of carbonyl (C=O) groups excluding carboxylic acids is 1. The molecule has 1 saturated carbocycles. The van der Waals surface area contributed by atoms with E-state index in [0.29, 0.717) is 12.6 Å². The van der Waals surface area contributed by atoms with Crippen molar-refractivity contribution >= 4 is 11.6 Å². The number of likely N-dealkylation sites (N-methyl/N-ethyl adjacent to an activating group) is 1. The summed E-state index contributed by atoms with van der Waals surface area (Å²) in [7, 11) is 1.64. The van der Waals surface area contributed by atoms with Gasteiger partial charge in [-0.15, -0.1) is 0 Å². The highest BCUT2D eigenvalue weighted by Crippen LogP contribution is 2.26. The monoisotopic (exact) mass is 248 g/mol. The summed E-state index contributed by atoms with van der Waals surface area (Å²) in [4.78, 5) is 13.9. The second-order valence-corrected chi connectivity index (χ2v) is 4.49. The van der Waals surface area contributed by atoms with Crippen molar-refractivity contribution in [2.24, 2.45) is 0 Å². The van der Waals surface area contributed by atoms with E-state index in [1.807, 2.05) is 36.1 Å². The van der Waals surface area contributed by atoms with Crippen LogP contribution in [0.2, 0.25) is 0 Å². The Hall–Kier alpha value is -1.71. The van der Waals surface area contributed by atoms with Gasteiger partial charge in [0.1, 0.15) is 5.75 Å². The van der Waals surface area contributed by atoms with Crippen LogP contribution in [0.5, 0.6) is 5.75 Å². The number of rotatable bonds is 6. The van der Waals surface area contributed by atoms with E-state index in [1.165, 1.54) is 0 Å². The van der Waals surface area contributed by atoms with Crippen LogP contribution < -0.4 is 10.1 Å². The molecule has 1 aromatic rings. The molecule has 2 rings (SSSR count). The standard InChI is InChI=1S/C14H20N2O2/c1-3-16(12-6-7-12)14(17)10-15-11-4-8-13(18-2)9-5-11/h4-5,8-9,12,15H,3,6-7,10H2,1-2H3. The van der Waals surface area contributed by atoms with E-state index in [-0.39, 0.29) is 5.91 Å². The molecule has 1 aliphatic carbocycles. The number of hydrogen-bond donors (Lipinski definition) is 1. The van der Waals surface area contributed by atoms with Gasteiger partial charge >= 0.3 is 0 Å². The molecular weight excluding hydrogens is 228 g/mol. The molecule has 98 valence electrons. The minimum atomic E-state index is 0.177. The molecule has 0 spiro atoms. The number of nitrogens with zero attached hydrogens (tertiary/aromatic N) is 1. The topological polar surface area (TPSA) is 41.6 Å². The van der Waals surface area contributed by atoms with E-state index in [0.717, 1.165) is 30.8 Å². The molecule has 0 saturated heterocycles. The Kier molecular flexibility index (Phi) is 4.07. The Balaban J connectivity index is 1.84. The Labute approximate surface area is 108 Å². The number of methoxy groups -OCH3 is 1. The second kappa shape index (κ2) is 5.76. The molecular formula is C14H20N2O2. The summed E-state index contributed by atoms with van der Waals surface area (Å²) in [5, 5.41) is 3.15. The summed E-state index contributed by atoms with van der Waals surface area (Å²) in [5.41, 5.74) is 0.941. The van der Waals surface area contributed by atoms with Crippen molar-refractivity contribution in [3.8, 4) is 5.75 Å². The maximum atomic E-state index is 12.0. The number of anilines is 1. The Morgan fingerprint density at radius 3 is 2.56 bits per heavy atom. The average molecular weight is 248 g/mol. The highest BCUT2D eigenvalue weighted by Gasteiger charge is 2.30. The lowest BCUT2D eigenvalue weighted by Crippen LogP contribution is -2.37. The van der Waals surface area contributed by atoms with Gasteiger partial charge in [0, 0.05) is 18.3 Å². The van der Waals surface area contributed by atoms with Crippen molar-refractivity contribution < 1.29 is 9.53 Å². The highest BCUT2D eigenvalue weighted by atomic mass is 16.5. The first-order chi connectivity index (χ1) is 8.74. The van der Waals surface area contributed by atoms with Gasteiger partial charge in [-0.05, 0) is 44.0 Å². The van der Waals surface area contributed by atoms with Gasteiger partial charge in [-0.25, -0.2) is 0 Å². The Bertz CT molecular complexity index is 399. The second-order valence-electron chi connectivity index (χ2n) is 4.49. The van der Waals surface area contributed by atoms with Crippen molar-refractivity contribution in [2.75, 3.05) is 25.5 Å². The van der Waals surface area contributed by atoms with Crippen LogP contribution in [0, 0.1) is 0 Å². The van der Waals surface area contributed by atoms with E-state index >= 15 is 0 Å². The summed E-state index contributed by atoms with van der Waals surface area (Å²) in [5.74, 6) is 0.996. The van der Waals surface area contributed by atoms with Crippen LogP contribution in [0.3, 0.4) is 0 Å². The maximum Gasteiger partial charge on any atom is 0.242 e. The lowest BCUT2D eigenvalue weighted by molar-refractivity contribution is -0.129. The Morgan fingerprint density at radius 1 is 1.39 bits per heavy atom. The number of ether oxygens (including phenoxy) is 1. The molecule has 0 atom stereocenters. The quantitative estimate of drug-likeness (QED) is 0.838. The molecule has 1 N–H and O–H groups in total. The summed E-state index contributed by atoms with van der Waals surface area (Å²) >= 11 is 0. The molecule has 0 heterocycles.